The van der Waals surface area contributed by atoms with Gasteiger partial charge < -0.3 is 0 Å². The first kappa shape index (κ1) is 20.0. The lowest BCUT2D eigenvalue weighted by molar-refractivity contribution is -0.317. The van der Waals surface area contributed by atoms with Crippen LogP contribution in [0.2, 0.25) is 0 Å². The van der Waals surface area contributed by atoms with E-state index in [0.29, 0.717) is 30.1 Å². The zero-order chi connectivity index (χ0) is 19.9. The van der Waals surface area contributed by atoms with Crippen molar-refractivity contribution >= 4 is 11.9 Å². The molecule has 0 aromatic heterocycles. The predicted molar refractivity (Wildman–Crippen MR) is 101 cm³/mol. The molecule has 1 unspecified atom stereocenters. The Labute approximate surface area is 164 Å². The van der Waals surface area contributed by atoms with E-state index in [1.807, 2.05) is 32.4 Å². The molecule has 0 bridgehead atoms. The van der Waals surface area contributed by atoms with Crippen LogP contribution in [-0.2, 0) is 19.6 Å². The maximum Gasteiger partial charge on any atom is 0.373 e. The summed E-state index contributed by atoms with van der Waals surface area (Å²) in [6, 6.07) is 14.0. The monoisotopic (exact) mass is 382 g/mol. The van der Waals surface area contributed by atoms with E-state index in [4.69, 9.17) is 19.6 Å². The van der Waals surface area contributed by atoms with Gasteiger partial charge in [-0.15, -0.1) is 0 Å². The summed E-state index contributed by atoms with van der Waals surface area (Å²) >= 11 is 0. The molecule has 2 aromatic carbocycles. The van der Waals surface area contributed by atoms with Gasteiger partial charge in [-0.3, -0.25) is 9.78 Å². The molecule has 0 N–H and O–H groups in total. The smallest absolute Gasteiger partial charge is 0.292 e. The van der Waals surface area contributed by atoms with E-state index >= 15 is 0 Å². The Bertz CT molecular complexity index is 762. The van der Waals surface area contributed by atoms with E-state index in [2.05, 4.69) is 0 Å². The maximum atomic E-state index is 12.1. The average Bonchev–Trinajstić information content (AvgIpc) is 2.70. The minimum Gasteiger partial charge on any atom is -0.292 e. The molecular weight excluding hydrogens is 360 g/mol. The SMILES string of the molecule is Cc1cccc(C(=O)OO[C]2CC[CH]CC2OOC(=O)c2cccc(C)c2)c1. The van der Waals surface area contributed by atoms with Gasteiger partial charge in [0.15, 0.2) is 6.10 Å². The molecule has 0 spiro atoms. The first-order chi connectivity index (χ1) is 13.5. The molecule has 1 atom stereocenters. The van der Waals surface area contributed by atoms with Crippen LogP contribution in [0.15, 0.2) is 48.5 Å². The summed E-state index contributed by atoms with van der Waals surface area (Å²) in [6.45, 7) is 3.77. The minimum absolute atomic E-state index is 0.395. The Balaban J connectivity index is 1.53. The van der Waals surface area contributed by atoms with Gasteiger partial charge in [0.1, 0.15) is 6.10 Å². The van der Waals surface area contributed by atoms with Crippen molar-refractivity contribution in [1.29, 1.82) is 0 Å². The van der Waals surface area contributed by atoms with Crippen molar-refractivity contribution in [3.63, 3.8) is 0 Å². The van der Waals surface area contributed by atoms with Crippen LogP contribution >= 0.6 is 0 Å². The lowest BCUT2D eigenvalue weighted by Crippen LogP contribution is -2.30. The molecule has 1 aliphatic rings. The Morgan fingerprint density at radius 2 is 1.50 bits per heavy atom. The van der Waals surface area contributed by atoms with Crippen LogP contribution in [-0.4, -0.2) is 18.0 Å². The molecule has 1 fully saturated rings. The van der Waals surface area contributed by atoms with Gasteiger partial charge >= 0.3 is 11.9 Å². The molecule has 0 amide bonds. The van der Waals surface area contributed by atoms with Gasteiger partial charge in [0.05, 0.1) is 11.1 Å². The highest BCUT2D eigenvalue weighted by Crippen LogP contribution is 2.30. The van der Waals surface area contributed by atoms with Crippen LogP contribution < -0.4 is 0 Å². The van der Waals surface area contributed by atoms with Gasteiger partial charge in [-0.05, 0) is 63.8 Å². The van der Waals surface area contributed by atoms with Crippen molar-refractivity contribution in [2.45, 2.75) is 39.2 Å². The maximum absolute atomic E-state index is 12.1. The van der Waals surface area contributed by atoms with Crippen molar-refractivity contribution in [1.82, 2.24) is 0 Å². The van der Waals surface area contributed by atoms with E-state index < -0.39 is 18.0 Å². The van der Waals surface area contributed by atoms with E-state index in [9.17, 15) is 9.59 Å². The molecule has 1 saturated carbocycles. The molecular formula is C22H22O6. The fourth-order valence-corrected chi connectivity index (χ4v) is 2.83. The normalized spacial score (nSPS) is 17.1. The molecule has 28 heavy (non-hydrogen) atoms. The number of aryl methyl sites for hydroxylation is 2. The number of carbonyl (C=O) groups is 2. The Kier molecular flexibility index (Phi) is 6.79. The first-order valence-electron chi connectivity index (χ1n) is 9.10. The number of hydrogen-bond donors (Lipinski definition) is 0. The summed E-state index contributed by atoms with van der Waals surface area (Å²) in [7, 11) is 0. The third-order valence-corrected chi connectivity index (χ3v) is 4.31. The van der Waals surface area contributed by atoms with Crippen molar-refractivity contribution in [2.75, 3.05) is 0 Å². The van der Waals surface area contributed by atoms with Gasteiger partial charge in [-0.1, -0.05) is 35.4 Å². The second-order valence-electron chi connectivity index (χ2n) is 6.68. The fourth-order valence-electron chi connectivity index (χ4n) is 2.83. The summed E-state index contributed by atoms with van der Waals surface area (Å²) in [5, 5.41) is 0. The Hall–Kier alpha value is -2.70. The zero-order valence-electron chi connectivity index (χ0n) is 15.8. The van der Waals surface area contributed by atoms with Crippen LogP contribution in [0, 0.1) is 26.4 Å². The summed E-state index contributed by atoms with van der Waals surface area (Å²) in [4.78, 5) is 44.7. The number of hydrogen-bond acceptors (Lipinski definition) is 6. The van der Waals surface area contributed by atoms with E-state index in [1.54, 1.807) is 36.4 Å². The lowest BCUT2D eigenvalue weighted by atomic mass is 9.95. The molecule has 1 aliphatic carbocycles. The number of carbonyl (C=O) groups excluding carboxylic acids is 2. The second kappa shape index (κ2) is 9.48. The highest BCUT2D eigenvalue weighted by atomic mass is 17.2. The molecule has 3 rings (SSSR count). The zero-order valence-corrected chi connectivity index (χ0v) is 15.8. The third-order valence-electron chi connectivity index (χ3n) is 4.31. The van der Waals surface area contributed by atoms with Gasteiger partial charge in [-0.25, -0.2) is 9.59 Å². The summed E-state index contributed by atoms with van der Waals surface area (Å²) in [6.07, 6.45) is 3.52. The van der Waals surface area contributed by atoms with Gasteiger partial charge in [-0.2, -0.15) is 9.78 Å². The molecule has 2 aromatic rings. The Morgan fingerprint density at radius 3 is 2.11 bits per heavy atom. The quantitative estimate of drug-likeness (QED) is 0.542. The number of benzene rings is 2. The van der Waals surface area contributed by atoms with Crippen LogP contribution in [0.1, 0.15) is 51.1 Å². The third kappa shape index (κ3) is 5.41. The van der Waals surface area contributed by atoms with Crippen molar-refractivity contribution < 1.29 is 29.1 Å². The van der Waals surface area contributed by atoms with Crippen LogP contribution in [0.25, 0.3) is 0 Å². The van der Waals surface area contributed by atoms with Crippen LogP contribution in [0.4, 0.5) is 0 Å². The largest absolute Gasteiger partial charge is 0.373 e. The van der Waals surface area contributed by atoms with Crippen molar-refractivity contribution in [3.8, 4) is 0 Å². The highest BCUT2D eigenvalue weighted by Gasteiger charge is 2.33. The fraction of sp³-hybridized carbons (Fsp3) is 0.273. The molecule has 2 radical (unpaired) electrons. The lowest BCUT2D eigenvalue weighted by Gasteiger charge is -2.26. The molecule has 0 aliphatic heterocycles. The van der Waals surface area contributed by atoms with E-state index in [-0.39, 0.29) is 0 Å². The molecule has 6 nitrogen and oxygen atoms in total. The van der Waals surface area contributed by atoms with Crippen molar-refractivity contribution in [2.24, 2.45) is 0 Å². The van der Waals surface area contributed by atoms with E-state index in [1.165, 1.54) is 0 Å². The molecule has 146 valence electrons. The minimum atomic E-state index is -0.632. The Morgan fingerprint density at radius 1 is 0.893 bits per heavy atom. The summed E-state index contributed by atoms with van der Waals surface area (Å²) < 4.78 is 0. The van der Waals surface area contributed by atoms with Gasteiger partial charge in [0, 0.05) is 0 Å². The summed E-state index contributed by atoms with van der Waals surface area (Å²) in [5.74, 6) is -1.19. The molecule has 6 heteroatoms. The highest BCUT2D eigenvalue weighted by molar-refractivity contribution is 5.89. The molecule has 0 heterocycles. The number of rotatable bonds is 6. The topological polar surface area (TPSA) is 71.1 Å². The predicted octanol–water partition coefficient (Wildman–Crippen LogP) is 4.47. The average molecular weight is 382 g/mol. The van der Waals surface area contributed by atoms with Crippen molar-refractivity contribution in [3.05, 3.63) is 83.3 Å². The van der Waals surface area contributed by atoms with Crippen LogP contribution in [0.5, 0.6) is 0 Å². The first-order valence-corrected chi connectivity index (χ1v) is 9.10. The van der Waals surface area contributed by atoms with Gasteiger partial charge in [0.25, 0.3) is 0 Å². The van der Waals surface area contributed by atoms with Gasteiger partial charge in [0.2, 0.25) is 0 Å². The standard InChI is InChI=1S/C22H22O6/c1-15-7-5-9-17(13-15)21(23)27-25-19-11-3-4-12-20(19)26-28-22(24)18-10-6-8-16(2)14-18/h3,5-10,13-14,19H,4,11-12H2,1-2H3. The second-order valence-corrected chi connectivity index (χ2v) is 6.68. The summed E-state index contributed by atoms with van der Waals surface area (Å²) in [5.41, 5.74) is 2.68. The van der Waals surface area contributed by atoms with E-state index in [0.717, 1.165) is 17.5 Å². The molecule has 0 saturated heterocycles. The van der Waals surface area contributed by atoms with Crippen LogP contribution in [0.3, 0.4) is 0 Å².